The molecule has 248 valence electrons. The zero-order chi connectivity index (χ0) is 33.1. The van der Waals surface area contributed by atoms with Gasteiger partial charge >= 0.3 is 0 Å². The predicted octanol–water partition coefficient (Wildman–Crippen LogP) is -1.70. The molecule has 1 saturated carbocycles. The topological polar surface area (TPSA) is 311 Å². The molecule has 19 heteroatoms. The summed E-state index contributed by atoms with van der Waals surface area (Å²) >= 11 is 0. The molecular formula is C26H38N8O11. The van der Waals surface area contributed by atoms with Crippen molar-refractivity contribution in [2.75, 3.05) is 6.61 Å². The summed E-state index contributed by atoms with van der Waals surface area (Å²) in [6, 6.07) is 3.24. The number of hydrogen-bond acceptors (Lipinski definition) is 14. The lowest BCUT2D eigenvalue weighted by Crippen LogP contribution is -2.67. The van der Waals surface area contributed by atoms with Gasteiger partial charge in [0.1, 0.15) is 49.3 Å². The molecule has 2 heterocycles. The number of aliphatic hydroxyl groups is 6. The van der Waals surface area contributed by atoms with Gasteiger partial charge in [0.25, 0.3) is 5.91 Å². The number of rotatable bonds is 10. The van der Waals surface area contributed by atoms with Crippen molar-refractivity contribution in [3.63, 3.8) is 0 Å². The van der Waals surface area contributed by atoms with Crippen molar-refractivity contribution < 1.29 is 54.4 Å². The maximum absolute atomic E-state index is 13.0. The SMILES string of the molecule is C[C@H](N)[C@H]1OC[C@@](O)(OC2C(O)[C@H](NC(=O)c3ccccc3)CC(N=[N+]=[N-])[C@H]2O[C@H]2OC([C@@H](C)O)[C@@H](O)C(O)C2N=[N+]=[N-])C1O. The lowest BCUT2D eigenvalue weighted by Gasteiger charge is -2.48. The first-order valence-corrected chi connectivity index (χ1v) is 14.3. The second-order valence-corrected chi connectivity index (χ2v) is 11.4. The van der Waals surface area contributed by atoms with Gasteiger partial charge in [-0.2, -0.15) is 0 Å². The molecule has 0 radical (unpaired) electrons. The molecule has 1 aromatic rings. The molecule has 1 aliphatic carbocycles. The Morgan fingerprint density at radius 2 is 1.73 bits per heavy atom. The fourth-order valence-electron chi connectivity index (χ4n) is 5.80. The summed E-state index contributed by atoms with van der Waals surface area (Å²) in [7, 11) is 0. The van der Waals surface area contributed by atoms with Crippen LogP contribution in [0.1, 0.15) is 30.6 Å². The Balaban J connectivity index is 1.72. The molecule has 9 N–H and O–H groups in total. The molecular weight excluding hydrogens is 600 g/mol. The monoisotopic (exact) mass is 638 g/mol. The molecule has 4 rings (SSSR count). The Bertz CT molecular complexity index is 1270. The van der Waals surface area contributed by atoms with Gasteiger partial charge in [-0.3, -0.25) is 4.79 Å². The number of azide groups is 2. The van der Waals surface area contributed by atoms with E-state index in [1.807, 2.05) is 0 Å². The van der Waals surface area contributed by atoms with Crippen LogP contribution in [0.3, 0.4) is 0 Å². The van der Waals surface area contributed by atoms with Crippen molar-refractivity contribution in [2.45, 2.75) is 111 Å². The van der Waals surface area contributed by atoms with Gasteiger partial charge in [-0.15, -0.1) is 0 Å². The number of ether oxygens (including phenoxy) is 4. The third-order valence-corrected chi connectivity index (χ3v) is 8.17. The second kappa shape index (κ2) is 14.5. The summed E-state index contributed by atoms with van der Waals surface area (Å²) in [5.74, 6) is -3.07. The Labute approximate surface area is 256 Å². The minimum absolute atomic E-state index is 0.238. The number of nitrogens with two attached hydrogens (primary N) is 1. The first kappa shape index (κ1) is 34.7. The zero-order valence-corrected chi connectivity index (χ0v) is 24.4. The summed E-state index contributed by atoms with van der Waals surface area (Å²) in [5.41, 5.74) is 24.7. The van der Waals surface area contributed by atoms with Crippen molar-refractivity contribution in [2.24, 2.45) is 16.0 Å². The quantitative estimate of drug-likeness (QED) is 0.0615. The van der Waals surface area contributed by atoms with E-state index in [1.54, 1.807) is 18.2 Å². The van der Waals surface area contributed by atoms with Crippen LogP contribution in [0, 0.1) is 0 Å². The second-order valence-electron chi connectivity index (χ2n) is 11.4. The maximum atomic E-state index is 13.0. The molecule has 0 bridgehead atoms. The van der Waals surface area contributed by atoms with Crippen LogP contribution in [-0.4, -0.2) is 134 Å². The Hall–Kier alpha value is -3.13. The highest BCUT2D eigenvalue weighted by Gasteiger charge is 2.57. The highest BCUT2D eigenvalue weighted by molar-refractivity contribution is 5.94. The fraction of sp³-hybridized carbons (Fsp3) is 0.731. The predicted molar refractivity (Wildman–Crippen MR) is 151 cm³/mol. The molecule has 19 nitrogen and oxygen atoms in total. The standard InChI is InChI=1S/C26H38N8O11/c1-10(27)19-23(39)26(41,9-42-19)45-22-16(36)13(30-24(40)12-6-4-3-5-7-12)8-14(31-33-28)21(22)44-25-15(32-34-29)17(37)18(38)20(43-25)11(2)35/h3-7,10-11,13-23,25,35-39,41H,8-9,27H2,1-2H3,(H,30,40)/t10-,11+,13+,14?,15?,16?,17?,18-,19+,20?,21+,22?,23?,25+,26+/m0/s1. The fourth-order valence-corrected chi connectivity index (χ4v) is 5.80. The minimum Gasteiger partial charge on any atom is -0.391 e. The van der Waals surface area contributed by atoms with Gasteiger partial charge in [0.15, 0.2) is 6.29 Å². The van der Waals surface area contributed by atoms with Crippen molar-refractivity contribution in [3.05, 3.63) is 56.8 Å². The van der Waals surface area contributed by atoms with Gasteiger partial charge in [-0.05, 0) is 43.5 Å². The minimum atomic E-state index is -2.48. The normalized spacial score (nSPS) is 41.3. The summed E-state index contributed by atoms with van der Waals surface area (Å²) < 4.78 is 23.1. The van der Waals surface area contributed by atoms with Crippen LogP contribution in [0.4, 0.5) is 0 Å². The van der Waals surface area contributed by atoms with Crippen molar-refractivity contribution in [3.8, 4) is 0 Å². The van der Waals surface area contributed by atoms with Gasteiger partial charge in [-0.25, -0.2) is 0 Å². The van der Waals surface area contributed by atoms with E-state index < -0.39 is 104 Å². The van der Waals surface area contributed by atoms with Crippen LogP contribution in [0.5, 0.6) is 0 Å². The number of carbonyl (C=O) groups excluding carboxylic acids is 1. The van der Waals surface area contributed by atoms with E-state index in [0.29, 0.717) is 0 Å². The Morgan fingerprint density at radius 3 is 2.31 bits per heavy atom. The van der Waals surface area contributed by atoms with Crippen LogP contribution in [0.15, 0.2) is 40.6 Å². The Kier molecular flexibility index (Phi) is 11.2. The number of benzene rings is 1. The highest BCUT2D eigenvalue weighted by atomic mass is 16.7. The first-order chi connectivity index (χ1) is 21.3. The van der Waals surface area contributed by atoms with E-state index in [0.717, 1.165) is 0 Å². The third kappa shape index (κ3) is 7.32. The van der Waals surface area contributed by atoms with E-state index >= 15 is 0 Å². The average molecular weight is 639 g/mol. The van der Waals surface area contributed by atoms with Crippen LogP contribution in [-0.2, 0) is 18.9 Å². The van der Waals surface area contributed by atoms with Crippen LogP contribution in [0.25, 0.3) is 20.9 Å². The summed E-state index contributed by atoms with van der Waals surface area (Å²) in [4.78, 5) is 18.5. The van der Waals surface area contributed by atoms with Crippen molar-refractivity contribution in [1.29, 1.82) is 0 Å². The molecule has 1 amide bonds. The first-order valence-electron chi connectivity index (χ1n) is 14.3. The lowest BCUT2D eigenvalue weighted by atomic mass is 9.83. The largest absolute Gasteiger partial charge is 0.391 e. The molecule has 0 aromatic heterocycles. The highest BCUT2D eigenvalue weighted by Crippen LogP contribution is 2.37. The number of nitrogens with zero attached hydrogens (tertiary/aromatic N) is 6. The number of aliphatic hydroxyl groups excluding tert-OH is 5. The van der Waals surface area contributed by atoms with Gasteiger partial charge in [0.05, 0.1) is 30.4 Å². The lowest BCUT2D eigenvalue weighted by molar-refractivity contribution is -0.333. The van der Waals surface area contributed by atoms with Gasteiger partial charge < -0.3 is 60.6 Å². The molecule has 2 aliphatic heterocycles. The summed E-state index contributed by atoms with van der Waals surface area (Å²) in [6.07, 6.45) is -16.0. The van der Waals surface area contributed by atoms with Gasteiger partial charge in [0.2, 0.25) is 5.79 Å². The van der Waals surface area contributed by atoms with E-state index in [4.69, 9.17) is 30.2 Å². The van der Waals surface area contributed by atoms with Crippen molar-refractivity contribution >= 4 is 5.91 Å². The van der Waals surface area contributed by atoms with Gasteiger partial charge in [-0.1, -0.05) is 28.4 Å². The molecule has 15 atom stereocenters. The molecule has 7 unspecified atom stereocenters. The van der Waals surface area contributed by atoms with Crippen LogP contribution >= 0.6 is 0 Å². The number of hydrogen-bond donors (Lipinski definition) is 8. The number of nitrogens with one attached hydrogen (secondary N) is 1. The maximum Gasteiger partial charge on any atom is 0.251 e. The summed E-state index contributed by atoms with van der Waals surface area (Å²) in [5, 5.41) is 75.0. The molecule has 0 spiro atoms. The van der Waals surface area contributed by atoms with E-state index in [9.17, 15) is 41.0 Å². The zero-order valence-electron chi connectivity index (χ0n) is 24.4. The number of carbonyl (C=O) groups is 1. The third-order valence-electron chi connectivity index (χ3n) is 8.17. The summed E-state index contributed by atoms with van der Waals surface area (Å²) in [6.45, 7) is 2.21. The van der Waals surface area contributed by atoms with Crippen LogP contribution in [0.2, 0.25) is 0 Å². The molecule has 1 aromatic carbocycles. The smallest absolute Gasteiger partial charge is 0.251 e. The van der Waals surface area contributed by atoms with E-state index in [2.05, 4.69) is 25.4 Å². The van der Waals surface area contributed by atoms with Gasteiger partial charge in [0, 0.05) is 21.4 Å². The molecule has 2 saturated heterocycles. The molecule has 45 heavy (non-hydrogen) atoms. The molecule has 3 aliphatic rings. The number of amides is 1. The average Bonchev–Trinajstić information content (AvgIpc) is 3.30. The van der Waals surface area contributed by atoms with E-state index in [-0.39, 0.29) is 12.0 Å². The van der Waals surface area contributed by atoms with E-state index in [1.165, 1.54) is 26.0 Å². The van der Waals surface area contributed by atoms with Crippen LogP contribution < -0.4 is 11.1 Å². The molecule has 3 fully saturated rings. The van der Waals surface area contributed by atoms with Crippen molar-refractivity contribution in [1.82, 2.24) is 5.32 Å². The Morgan fingerprint density at radius 1 is 1.07 bits per heavy atom.